The fourth-order valence-corrected chi connectivity index (χ4v) is 3.26. The van der Waals surface area contributed by atoms with Gasteiger partial charge in [-0.2, -0.15) is 11.8 Å². The zero-order valence-electron chi connectivity index (χ0n) is 10.4. The number of nitrogen functional groups attached to an aromatic ring is 1. The average molecular weight is 286 g/mol. The number of aromatic nitrogens is 1. The lowest BCUT2D eigenvalue weighted by Gasteiger charge is -2.37. The number of pyridine rings is 1. The van der Waals surface area contributed by atoms with Gasteiger partial charge >= 0.3 is 0 Å². The van der Waals surface area contributed by atoms with Crippen LogP contribution in [0.5, 0.6) is 0 Å². The molecule has 4 nitrogen and oxygen atoms in total. The number of nitrogens with two attached hydrogens (primary N) is 1. The average Bonchev–Trinajstić information content (AvgIpc) is 2.35. The van der Waals surface area contributed by atoms with E-state index in [4.69, 9.17) is 17.3 Å². The fraction of sp³-hybridized carbons (Fsp3) is 0.500. The molecule has 0 aliphatic carbocycles. The first-order valence-electron chi connectivity index (χ1n) is 5.84. The molecule has 2 rings (SSSR count). The van der Waals surface area contributed by atoms with E-state index in [2.05, 4.69) is 18.8 Å². The summed E-state index contributed by atoms with van der Waals surface area (Å²) in [6, 6.07) is 1.74. The first-order chi connectivity index (χ1) is 8.50. The maximum atomic E-state index is 12.5. The Bertz CT molecular complexity index is 469. The smallest absolute Gasteiger partial charge is 0.256 e. The largest absolute Gasteiger partial charge is 0.397 e. The third kappa shape index (κ3) is 2.57. The summed E-state index contributed by atoms with van der Waals surface area (Å²) in [5.41, 5.74) is 6.63. The number of amides is 1. The molecule has 2 heterocycles. The van der Waals surface area contributed by atoms with Crippen molar-refractivity contribution in [1.82, 2.24) is 9.88 Å². The van der Waals surface area contributed by atoms with Gasteiger partial charge in [0.25, 0.3) is 5.91 Å². The SMILES string of the molecule is CC1SCCN(C(=O)c2cc(Cl)ncc2N)C1C. The van der Waals surface area contributed by atoms with Crippen LogP contribution in [0.4, 0.5) is 5.69 Å². The lowest BCUT2D eigenvalue weighted by Crippen LogP contribution is -2.48. The van der Waals surface area contributed by atoms with Crippen molar-refractivity contribution in [3.63, 3.8) is 0 Å². The first kappa shape index (κ1) is 13.5. The topological polar surface area (TPSA) is 59.2 Å². The van der Waals surface area contributed by atoms with Crippen molar-refractivity contribution in [3.05, 3.63) is 23.0 Å². The molecule has 2 N–H and O–H groups in total. The fourth-order valence-electron chi connectivity index (χ4n) is 2.00. The zero-order valence-corrected chi connectivity index (χ0v) is 12.0. The van der Waals surface area contributed by atoms with Crippen LogP contribution in [0.3, 0.4) is 0 Å². The molecule has 98 valence electrons. The van der Waals surface area contributed by atoms with Gasteiger partial charge in [-0.3, -0.25) is 4.79 Å². The van der Waals surface area contributed by atoms with Gasteiger partial charge in [0.1, 0.15) is 5.15 Å². The summed E-state index contributed by atoms with van der Waals surface area (Å²) in [6.45, 7) is 4.94. The molecule has 6 heteroatoms. The summed E-state index contributed by atoms with van der Waals surface area (Å²) in [7, 11) is 0. The van der Waals surface area contributed by atoms with Gasteiger partial charge in [0, 0.05) is 23.6 Å². The minimum absolute atomic E-state index is 0.0588. The number of carbonyl (C=O) groups is 1. The second kappa shape index (κ2) is 5.36. The summed E-state index contributed by atoms with van der Waals surface area (Å²) in [6.07, 6.45) is 1.43. The molecule has 0 saturated carbocycles. The summed E-state index contributed by atoms with van der Waals surface area (Å²) in [5.74, 6) is 0.895. The van der Waals surface area contributed by atoms with Crippen LogP contribution in [0.2, 0.25) is 5.15 Å². The predicted octanol–water partition coefficient (Wildman–Crippen LogP) is 2.28. The summed E-state index contributed by atoms with van der Waals surface area (Å²) in [5, 5.41) is 0.723. The summed E-state index contributed by atoms with van der Waals surface area (Å²) >= 11 is 7.71. The molecule has 2 unspecified atom stereocenters. The first-order valence-corrected chi connectivity index (χ1v) is 7.27. The molecule has 1 aliphatic heterocycles. The molecule has 1 aliphatic rings. The van der Waals surface area contributed by atoms with Crippen LogP contribution >= 0.6 is 23.4 Å². The Balaban J connectivity index is 2.27. The van der Waals surface area contributed by atoms with E-state index >= 15 is 0 Å². The van der Waals surface area contributed by atoms with Gasteiger partial charge in [0.15, 0.2) is 0 Å². The Hall–Kier alpha value is -0.940. The lowest BCUT2D eigenvalue weighted by molar-refractivity contribution is 0.0699. The third-order valence-corrected chi connectivity index (χ3v) is 4.82. The van der Waals surface area contributed by atoms with Gasteiger partial charge in [-0.15, -0.1) is 0 Å². The molecule has 1 aromatic rings. The number of halogens is 1. The van der Waals surface area contributed by atoms with Gasteiger partial charge in [-0.05, 0) is 13.0 Å². The number of carbonyl (C=O) groups excluding carboxylic acids is 1. The summed E-state index contributed by atoms with van der Waals surface area (Å²) in [4.78, 5) is 18.2. The second-order valence-electron chi connectivity index (χ2n) is 4.41. The lowest BCUT2D eigenvalue weighted by atomic mass is 10.1. The third-order valence-electron chi connectivity index (χ3n) is 3.28. The number of anilines is 1. The van der Waals surface area contributed by atoms with Crippen LogP contribution in [0.1, 0.15) is 24.2 Å². The van der Waals surface area contributed by atoms with Gasteiger partial charge < -0.3 is 10.6 Å². The van der Waals surface area contributed by atoms with Crippen molar-refractivity contribution < 1.29 is 4.79 Å². The molecule has 18 heavy (non-hydrogen) atoms. The highest BCUT2D eigenvalue weighted by Crippen LogP contribution is 2.27. The predicted molar refractivity (Wildman–Crippen MR) is 76.1 cm³/mol. The second-order valence-corrected chi connectivity index (χ2v) is 6.28. The molecular formula is C12H16ClN3OS. The minimum atomic E-state index is -0.0588. The van der Waals surface area contributed by atoms with E-state index in [-0.39, 0.29) is 11.9 Å². The molecule has 0 bridgehead atoms. The molecule has 1 amide bonds. The van der Waals surface area contributed by atoms with E-state index in [0.717, 1.165) is 12.3 Å². The number of hydrogen-bond donors (Lipinski definition) is 1. The molecule has 0 spiro atoms. The summed E-state index contributed by atoms with van der Waals surface area (Å²) < 4.78 is 0. The van der Waals surface area contributed by atoms with Crippen LogP contribution < -0.4 is 5.73 Å². The Morgan fingerprint density at radius 2 is 2.33 bits per heavy atom. The van der Waals surface area contributed by atoms with Crippen LogP contribution in [0.15, 0.2) is 12.3 Å². The van der Waals surface area contributed by atoms with Gasteiger partial charge in [0.05, 0.1) is 17.4 Å². The van der Waals surface area contributed by atoms with Crippen LogP contribution in [0, 0.1) is 0 Å². The normalized spacial score (nSPS) is 24.1. The Morgan fingerprint density at radius 3 is 3.06 bits per heavy atom. The number of thioether (sulfide) groups is 1. The standard InChI is InChI=1S/C12H16ClN3OS/c1-7-8(2)18-4-3-16(7)12(17)9-5-11(13)15-6-10(9)14/h5-8H,3-4,14H2,1-2H3. The van der Waals surface area contributed by atoms with E-state index in [0.29, 0.717) is 21.7 Å². The maximum absolute atomic E-state index is 12.5. The van der Waals surface area contributed by atoms with Gasteiger partial charge in [-0.1, -0.05) is 18.5 Å². The van der Waals surface area contributed by atoms with E-state index in [1.165, 1.54) is 6.20 Å². The van der Waals surface area contributed by atoms with Crippen molar-refractivity contribution in [1.29, 1.82) is 0 Å². The molecule has 1 fully saturated rings. The molecule has 2 atom stereocenters. The van der Waals surface area contributed by atoms with Crippen LogP contribution in [0.25, 0.3) is 0 Å². The Labute approximate surface area is 116 Å². The van der Waals surface area contributed by atoms with Crippen molar-refractivity contribution in [2.24, 2.45) is 0 Å². The van der Waals surface area contributed by atoms with Gasteiger partial charge in [0.2, 0.25) is 0 Å². The van der Waals surface area contributed by atoms with Gasteiger partial charge in [-0.25, -0.2) is 4.98 Å². The van der Waals surface area contributed by atoms with Crippen molar-refractivity contribution in [2.75, 3.05) is 18.0 Å². The number of rotatable bonds is 1. The highest BCUT2D eigenvalue weighted by molar-refractivity contribution is 8.00. The highest BCUT2D eigenvalue weighted by Gasteiger charge is 2.30. The van der Waals surface area contributed by atoms with E-state index in [1.807, 2.05) is 16.7 Å². The Kier molecular flexibility index (Phi) is 4.02. The number of nitrogens with zero attached hydrogens (tertiary/aromatic N) is 2. The molecular weight excluding hydrogens is 270 g/mol. The van der Waals surface area contributed by atoms with Crippen molar-refractivity contribution in [2.45, 2.75) is 25.1 Å². The number of hydrogen-bond acceptors (Lipinski definition) is 4. The molecule has 0 aromatic carbocycles. The molecule has 0 radical (unpaired) electrons. The van der Waals surface area contributed by atoms with Crippen molar-refractivity contribution in [3.8, 4) is 0 Å². The Morgan fingerprint density at radius 1 is 1.61 bits per heavy atom. The quantitative estimate of drug-likeness (QED) is 0.804. The zero-order chi connectivity index (χ0) is 13.3. The van der Waals surface area contributed by atoms with E-state index in [1.54, 1.807) is 6.07 Å². The van der Waals surface area contributed by atoms with Crippen LogP contribution in [-0.4, -0.2) is 39.4 Å². The maximum Gasteiger partial charge on any atom is 0.256 e. The molecule has 1 aromatic heterocycles. The van der Waals surface area contributed by atoms with Crippen molar-refractivity contribution >= 4 is 35.0 Å². The van der Waals surface area contributed by atoms with Crippen LogP contribution in [-0.2, 0) is 0 Å². The molecule has 1 saturated heterocycles. The highest BCUT2D eigenvalue weighted by atomic mass is 35.5. The van der Waals surface area contributed by atoms with E-state index in [9.17, 15) is 4.79 Å². The van der Waals surface area contributed by atoms with E-state index < -0.39 is 0 Å². The minimum Gasteiger partial charge on any atom is -0.397 e. The monoisotopic (exact) mass is 285 g/mol.